The van der Waals surface area contributed by atoms with E-state index < -0.39 is 23.9 Å². The summed E-state index contributed by atoms with van der Waals surface area (Å²) in [5.74, 6) is -1.35. The van der Waals surface area contributed by atoms with Crippen LogP contribution in [-0.4, -0.2) is 23.9 Å². The van der Waals surface area contributed by atoms with Crippen molar-refractivity contribution in [2.75, 3.05) is 0 Å². The molecule has 0 fully saturated rings. The van der Waals surface area contributed by atoms with Gasteiger partial charge in [-0.15, -0.1) is 0 Å². The molecule has 0 bridgehead atoms. The molecule has 1 aromatic carbocycles. The molecule has 19 heavy (non-hydrogen) atoms. The normalized spacial score (nSPS) is 15.5. The van der Waals surface area contributed by atoms with E-state index in [1.807, 2.05) is 30.3 Å². The van der Waals surface area contributed by atoms with Gasteiger partial charge in [0.25, 0.3) is 0 Å². The molecule has 0 heterocycles. The Morgan fingerprint density at radius 2 is 1.32 bits per heavy atom. The van der Waals surface area contributed by atoms with Crippen molar-refractivity contribution in [3.8, 4) is 0 Å². The number of hydrogen-bond donors (Lipinski definition) is 4. The maximum absolute atomic E-state index is 11.0. The Morgan fingerprint density at radius 3 is 1.68 bits per heavy atom. The summed E-state index contributed by atoms with van der Waals surface area (Å²) in [7, 11) is 0. The van der Waals surface area contributed by atoms with Crippen LogP contribution in [0.2, 0.25) is 0 Å². The van der Waals surface area contributed by atoms with Crippen LogP contribution in [0.15, 0.2) is 30.3 Å². The number of primary amides is 2. The fourth-order valence-electron chi connectivity index (χ4n) is 2.21. The maximum Gasteiger partial charge on any atom is 0.218 e. The molecule has 2 atom stereocenters. The third-order valence-corrected chi connectivity index (χ3v) is 2.98. The van der Waals surface area contributed by atoms with Crippen LogP contribution in [0.1, 0.15) is 24.3 Å². The summed E-state index contributed by atoms with van der Waals surface area (Å²) in [5, 5.41) is 0. The van der Waals surface area contributed by atoms with Gasteiger partial charge in [0.05, 0.1) is 0 Å². The molecule has 6 nitrogen and oxygen atoms in total. The molecule has 0 aliphatic rings. The molecular weight excluding hydrogens is 244 g/mol. The molecule has 6 heteroatoms. The smallest absolute Gasteiger partial charge is 0.218 e. The van der Waals surface area contributed by atoms with Crippen LogP contribution < -0.4 is 22.9 Å². The summed E-state index contributed by atoms with van der Waals surface area (Å²) < 4.78 is 0. The number of benzene rings is 1. The van der Waals surface area contributed by atoms with Gasteiger partial charge in [0.15, 0.2) is 0 Å². The molecule has 0 aromatic heterocycles. The van der Waals surface area contributed by atoms with E-state index in [0.29, 0.717) is 0 Å². The summed E-state index contributed by atoms with van der Waals surface area (Å²) in [5.41, 5.74) is 23.2. The van der Waals surface area contributed by atoms with Crippen LogP contribution in [0.5, 0.6) is 0 Å². The zero-order valence-corrected chi connectivity index (χ0v) is 10.7. The molecule has 0 saturated carbocycles. The SMILES string of the molecule is NC(=O)CC(N)C(c1ccccc1)C(N)CC(N)=O. The van der Waals surface area contributed by atoms with Gasteiger partial charge in [-0.3, -0.25) is 9.59 Å². The molecule has 1 rings (SSSR count). The molecule has 0 aliphatic carbocycles. The van der Waals surface area contributed by atoms with Crippen LogP contribution in [0.25, 0.3) is 0 Å². The number of nitrogens with two attached hydrogens (primary N) is 4. The van der Waals surface area contributed by atoms with E-state index in [1.165, 1.54) is 0 Å². The van der Waals surface area contributed by atoms with Crippen LogP contribution in [0.4, 0.5) is 0 Å². The molecule has 1 aromatic rings. The van der Waals surface area contributed by atoms with E-state index in [-0.39, 0.29) is 18.8 Å². The van der Waals surface area contributed by atoms with Gasteiger partial charge in [0, 0.05) is 30.8 Å². The Bertz CT molecular complexity index is 414. The zero-order chi connectivity index (χ0) is 14.4. The summed E-state index contributed by atoms with van der Waals surface area (Å²) in [6.45, 7) is 0. The third kappa shape index (κ3) is 4.69. The van der Waals surface area contributed by atoms with E-state index in [1.54, 1.807) is 0 Å². The first-order chi connectivity index (χ1) is 8.91. The fourth-order valence-corrected chi connectivity index (χ4v) is 2.21. The highest BCUT2D eigenvalue weighted by molar-refractivity contribution is 5.75. The van der Waals surface area contributed by atoms with Crippen LogP contribution >= 0.6 is 0 Å². The number of carbonyl (C=O) groups excluding carboxylic acids is 2. The standard InChI is InChI=1S/C13H20N4O2/c14-9(6-11(16)18)13(10(15)7-12(17)19)8-4-2-1-3-5-8/h1-5,9-10,13H,6-7,14-15H2,(H2,16,18)(H2,17,19). The first kappa shape index (κ1) is 15.1. The first-order valence-electron chi connectivity index (χ1n) is 6.04. The lowest BCUT2D eigenvalue weighted by Gasteiger charge is -2.28. The van der Waals surface area contributed by atoms with Gasteiger partial charge in [-0.1, -0.05) is 30.3 Å². The van der Waals surface area contributed by atoms with Crippen molar-refractivity contribution in [3.05, 3.63) is 35.9 Å². The number of amides is 2. The monoisotopic (exact) mass is 264 g/mol. The second-order valence-electron chi connectivity index (χ2n) is 4.61. The highest BCUT2D eigenvalue weighted by Crippen LogP contribution is 2.24. The molecule has 8 N–H and O–H groups in total. The van der Waals surface area contributed by atoms with E-state index in [0.717, 1.165) is 5.56 Å². The Labute approximate surface area is 112 Å². The van der Waals surface area contributed by atoms with E-state index in [2.05, 4.69) is 0 Å². The van der Waals surface area contributed by atoms with Crippen LogP contribution in [0, 0.1) is 0 Å². The van der Waals surface area contributed by atoms with Crippen molar-refractivity contribution in [1.82, 2.24) is 0 Å². The highest BCUT2D eigenvalue weighted by Gasteiger charge is 2.28. The largest absolute Gasteiger partial charge is 0.370 e. The van der Waals surface area contributed by atoms with Gasteiger partial charge in [-0.25, -0.2) is 0 Å². The first-order valence-corrected chi connectivity index (χ1v) is 6.04. The molecular formula is C13H20N4O2. The fraction of sp³-hybridized carbons (Fsp3) is 0.385. The minimum absolute atomic E-state index is 0.00598. The van der Waals surface area contributed by atoms with E-state index >= 15 is 0 Å². The lowest BCUT2D eigenvalue weighted by molar-refractivity contribution is -0.118. The van der Waals surface area contributed by atoms with Crippen molar-refractivity contribution in [1.29, 1.82) is 0 Å². The minimum Gasteiger partial charge on any atom is -0.370 e. The van der Waals surface area contributed by atoms with Crippen LogP contribution in [0.3, 0.4) is 0 Å². The zero-order valence-electron chi connectivity index (χ0n) is 10.7. The Hall–Kier alpha value is -1.92. The summed E-state index contributed by atoms with van der Waals surface area (Å²) in [4.78, 5) is 22.0. The Kier molecular flexibility index (Phi) is 5.47. The van der Waals surface area contributed by atoms with Gasteiger partial charge in [0.2, 0.25) is 11.8 Å². The van der Waals surface area contributed by atoms with Crippen molar-refractivity contribution < 1.29 is 9.59 Å². The molecule has 0 saturated heterocycles. The molecule has 2 unspecified atom stereocenters. The Morgan fingerprint density at radius 1 is 0.895 bits per heavy atom. The van der Waals surface area contributed by atoms with Crippen molar-refractivity contribution in [3.63, 3.8) is 0 Å². The van der Waals surface area contributed by atoms with Crippen molar-refractivity contribution in [2.24, 2.45) is 22.9 Å². The van der Waals surface area contributed by atoms with Gasteiger partial charge < -0.3 is 22.9 Å². The van der Waals surface area contributed by atoms with Gasteiger partial charge >= 0.3 is 0 Å². The third-order valence-electron chi connectivity index (χ3n) is 2.98. The number of carbonyl (C=O) groups is 2. The highest BCUT2D eigenvalue weighted by atomic mass is 16.1. The quantitative estimate of drug-likeness (QED) is 0.510. The van der Waals surface area contributed by atoms with Crippen molar-refractivity contribution >= 4 is 11.8 Å². The summed E-state index contributed by atoms with van der Waals surface area (Å²) >= 11 is 0. The maximum atomic E-state index is 11.0. The van der Waals surface area contributed by atoms with Crippen LogP contribution in [-0.2, 0) is 9.59 Å². The lowest BCUT2D eigenvalue weighted by Crippen LogP contribution is -2.44. The van der Waals surface area contributed by atoms with Crippen molar-refractivity contribution in [2.45, 2.75) is 30.8 Å². The second kappa shape index (κ2) is 6.86. The predicted molar refractivity (Wildman–Crippen MR) is 72.8 cm³/mol. The lowest BCUT2D eigenvalue weighted by atomic mass is 9.82. The molecule has 2 amide bonds. The minimum atomic E-state index is -0.547. The average molecular weight is 264 g/mol. The number of rotatable bonds is 7. The Balaban J connectivity index is 2.96. The topological polar surface area (TPSA) is 138 Å². The average Bonchev–Trinajstić information content (AvgIpc) is 2.28. The predicted octanol–water partition coefficient (Wildman–Crippen LogP) is -0.824. The second-order valence-corrected chi connectivity index (χ2v) is 4.61. The molecule has 0 aliphatic heterocycles. The number of hydrogen-bond acceptors (Lipinski definition) is 4. The van der Waals surface area contributed by atoms with Gasteiger partial charge in [-0.05, 0) is 5.56 Å². The van der Waals surface area contributed by atoms with Gasteiger partial charge in [0.1, 0.15) is 0 Å². The van der Waals surface area contributed by atoms with E-state index in [4.69, 9.17) is 22.9 Å². The molecule has 0 radical (unpaired) electrons. The summed E-state index contributed by atoms with van der Waals surface area (Å²) in [6, 6.07) is 8.16. The molecule has 104 valence electrons. The molecule has 0 spiro atoms. The summed E-state index contributed by atoms with van der Waals surface area (Å²) in [6.07, 6.45) is 0.0120. The van der Waals surface area contributed by atoms with Gasteiger partial charge in [-0.2, -0.15) is 0 Å². The van der Waals surface area contributed by atoms with E-state index in [9.17, 15) is 9.59 Å².